The number of carbonyl (C=O) groups excluding carboxylic acids is 1. The number of hydrogen-bond acceptors (Lipinski definition) is 3. The van der Waals surface area contributed by atoms with Crippen molar-refractivity contribution in [2.45, 2.75) is 56.7 Å². The number of ether oxygens (including phenoxy) is 2. The predicted octanol–water partition coefficient (Wildman–Crippen LogP) is 4.35. The van der Waals surface area contributed by atoms with Gasteiger partial charge >= 0.3 is 18.1 Å². The summed E-state index contributed by atoms with van der Waals surface area (Å²) in [5.74, 6) is -3.59. The van der Waals surface area contributed by atoms with Crippen LogP contribution < -0.4 is 20.1 Å². The van der Waals surface area contributed by atoms with Crippen molar-refractivity contribution in [3.8, 4) is 11.5 Å². The smallest absolute Gasteiger partial charge is 0.424 e. The van der Waals surface area contributed by atoms with Crippen molar-refractivity contribution < 1.29 is 27.4 Å². The summed E-state index contributed by atoms with van der Waals surface area (Å²) in [7, 11) is 0. The van der Waals surface area contributed by atoms with Gasteiger partial charge in [-0.3, -0.25) is 5.32 Å². The lowest BCUT2D eigenvalue weighted by Crippen LogP contribution is -2.66. The number of nitrogens with one attached hydrogen (secondary N) is 2. The summed E-state index contributed by atoms with van der Waals surface area (Å²) < 4.78 is 50.5. The Morgan fingerprint density at radius 1 is 1.12 bits per heavy atom. The predicted molar refractivity (Wildman–Crippen MR) is 84.7 cm³/mol. The molecule has 1 heterocycles. The van der Waals surface area contributed by atoms with Crippen molar-refractivity contribution >= 4 is 17.6 Å². The first-order valence-corrected chi connectivity index (χ1v) is 8.50. The molecule has 25 heavy (non-hydrogen) atoms. The van der Waals surface area contributed by atoms with E-state index in [0.29, 0.717) is 0 Å². The summed E-state index contributed by atoms with van der Waals surface area (Å²) in [6, 6.07) is 2.70. The molecule has 3 rings (SSSR count). The summed E-state index contributed by atoms with van der Waals surface area (Å²) in [4.78, 5) is 12.1. The van der Waals surface area contributed by atoms with E-state index in [4.69, 9.17) is 21.1 Å². The number of halogens is 4. The highest BCUT2D eigenvalue weighted by molar-refractivity contribution is 6.30. The van der Waals surface area contributed by atoms with E-state index in [1.54, 1.807) is 5.32 Å². The number of rotatable bonds is 2. The molecule has 0 bridgehead atoms. The van der Waals surface area contributed by atoms with Crippen molar-refractivity contribution in [1.82, 2.24) is 10.6 Å². The van der Waals surface area contributed by atoms with Gasteiger partial charge in [0.15, 0.2) is 11.5 Å². The largest absolute Gasteiger partial charge is 0.492 e. The first-order chi connectivity index (χ1) is 11.8. The van der Waals surface area contributed by atoms with Crippen LogP contribution in [-0.2, 0) is 0 Å². The van der Waals surface area contributed by atoms with Crippen LogP contribution in [0.25, 0.3) is 0 Å². The Morgan fingerprint density at radius 3 is 2.40 bits per heavy atom. The zero-order valence-corrected chi connectivity index (χ0v) is 14.0. The molecule has 1 fully saturated rings. The lowest BCUT2D eigenvalue weighted by molar-refractivity contribution is -0.317. The minimum atomic E-state index is -4.99. The molecule has 2 aliphatic rings. The molecule has 1 aliphatic carbocycles. The van der Waals surface area contributed by atoms with Crippen molar-refractivity contribution in [2.75, 3.05) is 0 Å². The minimum Gasteiger partial charge on any atom is -0.424 e. The van der Waals surface area contributed by atoms with Gasteiger partial charge in [-0.15, -0.1) is 0 Å². The Kier molecular flexibility index (Phi) is 4.90. The molecule has 0 aromatic heterocycles. The van der Waals surface area contributed by atoms with Crippen molar-refractivity contribution in [3.05, 3.63) is 23.2 Å². The fourth-order valence-electron chi connectivity index (χ4n) is 3.01. The van der Waals surface area contributed by atoms with Gasteiger partial charge in [-0.1, -0.05) is 37.3 Å². The number of carbonyl (C=O) groups is 1. The molecule has 9 heteroatoms. The molecule has 5 nitrogen and oxygen atoms in total. The number of fused-ring (bicyclic) bond motifs is 1. The summed E-state index contributed by atoms with van der Waals surface area (Å²) in [6.45, 7) is 0. The summed E-state index contributed by atoms with van der Waals surface area (Å²) >= 11 is 5.76. The molecule has 0 spiro atoms. The summed E-state index contributed by atoms with van der Waals surface area (Å²) in [5.41, 5.74) is 0. The van der Waals surface area contributed by atoms with Gasteiger partial charge in [-0.2, -0.15) is 13.2 Å². The molecular weight excluding hydrogens is 361 g/mol. The standard InChI is InChI=1S/C16H18ClF3N2O3/c17-10-7-8-12-13(9-10)25-16(24-12,15(18,19)20)22-14(23)21-11-5-3-1-2-4-6-11/h7-9,11H,1-6H2,(H2,21,22,23). The Bertz CT molecular complexity index is 648. The van der Waals surface area contributed by atoms with Crippen LogP contribution in [0.2, 0.25) is 5.02 Å². The van der Waals surface area contributed by atoms with E-state index in [2.05, 4.69) is 5.32 Å². The molecule has 138 valence electrons. The van der Waals surface area contributed by atoms with Crippen molar-refractivity contribution in [2.24, 2.45) is 0 Å². The molecule has 0 saturated heterocycles. The van der Waals surface area contributed by atoms with Crippen LogP contribution in [0, 0.1) is 0 Å². The van der Waals surface area contributed by atoms with E-state index in [-0.39, 0.29) is 22.6 Å². The Labute approximate surface area is 147 Å². The molecule has 1 aromatic rings. The van der Waals surface area contributed by atoms with Gasteiger partial charge in [0.2, 0.25) is 0 Å². The summed E-state index contributed by atoms with van der Waals surface area (Å²) in [6.07, 6.45) is 0.495. The lowest BCUT2D eigenvalue weighted by Gasteiger charge is -2.30. The quantitative estimate of drug-likeness (QED) is 0.752. The number of urea groups is 1. The molecule has 1 aromatic carbocycles. The van der Waals surface area contributed by atoms with E-state index in [0.717, 1.165) is 38.5 Å². The third kappa shape index (κ3) is 3.89. The van der Waals surface area contributed by atoms with E-state index < -0.39 is 18.1 Å². The Morgan fingerprint density at radius 2 is 1.76 bits per heavy atom. The third-order valence-electron chi connectivity index (χ3n) is 4.25. The maximum absolute atomic E-state index is 13.6. The normalized spacial score (nSPS) is 23.8. The van der Waals surface area contributed by atoms with Crippen LogP contribution in [0.4, 0.5) is 18.0 Å². The van der Waals surface area contributed by atoms with Gasteiger partial charge in [0, 0.05) is 17.1 Å². The molecule has 0 radical (unpaired) electrons. The van der Waals surface area contributed by atoms with Gasteiger partial charge in [0.1, 0.15) is 0 Å². The van der Waals surface area contributed by atoms with Gasteiger partial charge in [0.25, 0.3) is 0 Å². The van der Waals surface area contributed by atoms with Crippen LogP contribution >= 0.6 is 11.6 Å². The molecule has 2 amide bonds. The van der Waals surface area contributed by atoms with E-state index in [1.807, 2.05) is 0 Å². The molecule has 1 saturated carbocycles. The monoisotopic (exact) mass is 378 g/mol. The number of hydrogen-bond donors (Lipinski definition) is 2. The Hall–Kier alpha value is -1.83. The fourth-order valence-corrected chi connectivity index (χ4v) is 3.17. The van der Waals surface area contributed by atoms with Gasteiger partial charge in [-0.25, -0.2) is 4.79 Å². The second-order valence-corrected chi connectivity index (χ2v) is 6.63. The van der Waals surface area contributed by atoms with Crippen molar-refractivity contribution in [3.63, 3.8) is 0 Å². The fraction of sp³-hybridized carbons (Fsp3) is 0.562. The topological polar surface area (TPSA) is 59.6 Å². The highest BCUT2D eigenvalue weighted by Crippen LogP contribution is 2.46. The number of alkyl halides is 3. The highest BCUT2D eigenvalue weighted by atomic mass is 35.5. The first-order valence-electron chi connectivity index (χ1n) is 8.12. The SMILES string of the molecule is O=C(NC1CCCCCC1)NC1(C(F)(F)F)Oc2ccc(Cl)cc2O1. The van der Waals surface area contributed by atoms with Crippen LogP contribution in [0.15, 0.2) is 18.2 Å². The average molecular weight is 379 g/mol. The molecule has 1 aliphatic heterocycles. The van der Waals surface area contributed by atoms with Crippen LogP contribution in [0.5, 0.6) is 11.5 Å². The summed E-state index contributed by atoms with van der Waals surface area (Å²) in [5, 5.41) is 4.59. The van der Waals surface area contributed by atoms with Crippen molar-refractivity contribution in [1.29, 1.82) is 0 Å². The molecule has 1 atom stereocenters. The Balaban J connectivity index is 1.73. The molecule has 2 N–H and O–H groups in total. The maximum Gasteiger partial charge on any atom is 0.492 e. The zero-order valence-electron chi connectivity index (χ0n) is 13.3. The van der Waals surface area contributed by atoms with Gasteiger partial charge in [0.05, 0.1) is 0 Å². The number of benzene rings is 1. The minimum absolute atomic E-state index is 0.142. The zero-order chi connectivity index (χ0) is 18.1. The second kappa shape index (κ2) is 6.82. The first kappa shape index (κ1) is 18.0. The van der Waals surface area contributed by atoms with Crippen LogP contribution in [0.1, 0.15) is 38.5 Å². The van der Waals surface area contributed by atoms with E-state index >= 15 is 0 Å². The average Bonchev–Trinajstić information content (AvgIpc) is 2.69. The molecule has 1 unspecified atom stereocenters. The maximum atomic E-state index is 13.6. The second-order valence-electron chi connectivity index (χ2n) is 6.20. The van der Waals surface area contributed by atoms with Gasteiger partial charge in [-0.05, 0) is 25.0 Å². The lowest BCUT2D eigenvalue weighted by atomic mass is 10.1. The van der Waals surface area contributed by atoms with E-state index in [1.165, 1.54) is 18.2 Å². The third-order valence-corrected chi connectivity index (χ3v) is 4.49. The van der Waals surface area contributed by atoms with E-state index in [9.17, 15) is 18.0 Å². The molecular formula is C16H18ClF3N2O3. The van der Waals surface area contributed by atoms with Crippen LogP contribution in [-0.4, -0.2) is 24.2 Å². The highest BCUT2D eigenvalue weighted by Gasteiger charge is 2.65. The van der Waals surface area contributed by atoms with Crippen LogP contribution in [0.3, 0.4) is 0 Å². The number of amides is 2. The van der Waals surface area contributed by atoms with Gasteiger partial charge < -0.3 is 14.8 Å².